The Morgan fingerprint density at radius 2 is 2.25 bits per heavy atom. The van der Waals surface area contributed by atoms with E-state index in [9.17, 15) is 13.2 Å². The average molecular weight is 315 g/mol. The first-order valence-electron chi connectivity index (χ1n) is 5.70. The minimum absolute atomic E-state index is 0.0210. The van der Waals surface area contributed by atoms with Crippen LogP contribution in [-0.4, -0.2) is 29.3 Å². The second-order valence-corrected chi connectivity index (χ2v) is 6.67. The number of hydrogen-bond acceptors (Lipinski definition) is 5. The van der Waals surface area contributed by atoms with E-state index in [4.69, 9.17) is 5.11 Å². The van der Waals surface area contributed by atoms with Crippen LogP contribution in [0.2, 0.25) is 0 Å². The van der Waals surface area contributed by atoms with Gasteiger partial charge in [-0.05, 0) is 12.5 Å². The number of anilines is 1. The van der Waals surface area contributed by atoms with Gasteiger partial charge in [-0.25, -0.2) is 13.2 Å². The molecule has 0 saturated heterocycles. The fourth-order valence-corrected chi connectivity index (χ4v) is 3.84. The normalized spacial score (nSPS) is 11.5. The van der Waals surface area contributed by atoms with E-state index in [1.54, 1.807) is 13.2 Å². The van der Waals surface area contributed by atoms with Crippen LogP contribution in [-0.2, 0) is 23.5 Å². The van der Waals surface area contributed by atoms with Crippen molar-refractivity contribution in [2.75, 3.05) is 4.72 Å². The number of aryl methyl sites for hydroxylation is 2. The maximum absolute atomic E-state index is 12.2. The minimum atomic E-state index is -3.80. The molecule has 0 unspecified atom stereocenters. The molecule has 7 nitrogen and oxygen atoms in total. The number of aromatic nitrogens is 2. The van der Waals surface area contributed by atoms with Gasteiger partial charge in [0.05, 0.1) is 16.3 Å². The Labute approximate surface area is 119 Å². The average Bonchev–Trinajstić information content (AvgIpc) is 2.95. The third-order valence-corrected chi connectivity index (χ3v) is 4.99. The molecule has 0 radical (unpaired) electrons. The molecule has 0 fully saturated rings. The molecule has 2 aromatic rings. The van der Waals surface area contributed by atoms with Crippen LogP contribution in [0.5, 0.6) is 0 Å². The van der Waals surface area contributed by atoms with Gasteiger partial charge in [-0.3, -0.25) is 9.40 Å². The molecule has 0 aromatic carbocycles. The topological polar surface area (TPSA) is 101 Å². The maximum Gasteiger partial charge on any atom is 0.345 e. The lowest BCUT2D eigenvalue weighted by molar-refractivity contribution is 0.0702. The highest BCUT2D eigenvalue weighted by atomic mass is 32.2. The molecular weight excluding hydrogens is 302 g/mol. The smallest absolute Gasteiger partial charge is 0.345 e. The zero-order chi connectivity index (χ0) is 14.9. The molecular formula is C11H13N3O4S2. The van der Waals surface area contributed by atoms with E-state index in [2.05, 4.69) is 9.82 Å². The van der Waals surface area contributed by atoms with E-state index in [-0.39, 0.29) is 9.77 Å². The van der Waals surface area contributed by atoms with Crippen LogP contribution in [0, 0.1) is 0 Å². The molecule has 2 N–H and O–H groups in total. The quantitative estimate of drug-likeness (QED) is 0.871. The molecule has 2 heterocycles. The summed E-state index contributed by atoms with van der Waals surface area (Å²) in [6.45, 7) is 1.87. The van der Waals surface area contributed by atoms with Gasteiger partial charge in [0.1, 0.15) is 4.88 Å². The molecule has 9 heteroatoms. The Morgan fingerprint density at radius 3 is 2.80 bits per heavy atom. The highest BCUT2D eigenvalue weighted by Gasteiger charge is 2.20. The van der Waals surface area contributed by atoms with Crippen molar-refractivity contribution >= 4 is 33.0 Å². The molecule has 2 aromatic heterocycles. The fourth-order valence-electron chi connectivity index (χ4n) is 1.66. The van der Waals surface area contributed by atoms with Crippen LogP contribution in [0.25, 0.3) is 0 Å². The van der Waals surface area contributed by atoms with Crippen LogP contribution in [0.4, 0.5) is 5.69 Å². The number of carboxylic acids is 1. The molecule has 0 aliphatic carbocycles. The first-order chi connectivity index (χ1) is 9.33. The largest absolute Gasteiger partial charge is 0.477 e. The Balaban J connectivity index is 2.32. The lowest BCUT2D eigenvalue weighted by atomic mass is 10.3. The number of thiophene rings is 1. The van der Waals surface area contributed by atoms with E-state index in [0.29, 0.717) is 17.8 Å². The maximum atomic E-state index is 12.2. The van der Waals surface area contributed by atoms with Crippen molar-refractivity contribution in [1.29, 1.82) is 0 Å². The number of carboxylic acid groups (broad SMARTS) is 1. The monoisotopic (exact) mass is 315 g/mol. The lowest BCUT2D eigenvalue weighted by Crippen LogP contribution is -2.12. The molecule has 20 heavy (non-hydrogen) atoms. The lowest BCUT2D eigenvalue weighted by Gasteiger charge is -2.05. The van der Waals surface area contributed by atoms with Crippen molar-refractivity contribution < 1.29 is 18.3 Å². The number of nitrogens with one attached hydrogen (secondary N) is 1. The van der Waals surface area contributed by atoms with Crippen LogP contribution in [0.1, 0.15) is 22.3 Å². The highest BCUT2D eigenvalue weighted by Crippen LogP contribution is 2.23. The fraction of sp³-hybridized carbons (Fsp3) is 0.273. The van der Waals surface area contributed by atoms with Crippen LogP contribution in [0.3, 0.4) is 0 Å². The SMILES string of the molecule is CCc1nn(C)cc1NS(=O)(=O)c1csc(C(=O)O)c1. The number of rotatable bonds is 5. The first kappa shape index (κ1) is 14.5. The van der Waals surface area contributed by atoms with Gasteiger partial charge >= 0.3 is 5.97 Å². The number of sulfonamides is 1. The minimum Gasteiger partial charge on any atom is -0.477 e. The van der Waals surface area contributed by atoms with Gasteiger partial charge < -0.3 is 5.11 Å². The number of aromatic carboxylic acids is 1. The molecule has 2 rings (SSSR count). The van der Waals surface area contributed by atoms with Gasteiger partial charge in [-0.2, -0.15) is 5.10 Å². The molecule has 0 aliphatic heterocycles. The number of nitrogens with zero attached hydrogens (tertiary/aromatic N) is 2. The Morgan fingerprint density at radius 1 is 1.55 bits per heavy atom. The summed E-state index contributed by atoms with van der Waals surface area (Å²) in [5, 5.41) is 14.3. The van der Waals surface area contributed by atoms with E-state index in [1.807, 2.05) is 6.92 Å². The highest BCUT2D eigenvalue weighted by molar-refractivity contribution is 7.92. The van der Waals surface area contributed by atoms with Crippen molar-refractivity contribution in [3.63, 3.8) is 0 Å². The Bertz CT molecular complexity index is 746. The summed E-state index contributed by atoms with van der Waals surface area (Å²) in [6.07, 6.45) is 2.16. The van der Waals surface area contributed by atoms with E-state index < -0.39 is 16.0 Å². The molecule has 0 atom stereocenters. The molecule has 0 bridgehead atoms. The first-order valence-corrected chi connectivity index (χ1v) is 8.07. The molecule has 0 amide bonds. The Hall–Kier alpha value is -1.87. The molecule has 0 saturated carbocycles. The van der Waals surface area contributed by atoms with Crippen LogP contribution < -0.4 is 4.72 Å². The van der Waals surface area contributed by atoms with Gasteiger partial charge in [0.2, 0.25) is 0 Å². The summed E-state index contributed by atoms with van der Waals surface area (Å²) in [5.74, 6) is -1.15. The van der Waals surface area contributed by atoms with E-state index in [1.165, 1.54) is 10.1 Å². The molecule has 0 aliphatic rings. The van der Waals surface area contributed by atoms with Gasteiger partial charge in [0.15, 0.2) is 0 Å². The van der Waals surface area contributed by atoms with Gasteiger partial charge in [0.25, 0.3) is 10.0 Å². The summed E-state index contributed by atoms with van der Waals surface area (Å²) in [5.41, 5.74) is 1.03. The predicted molar refractivity (Wildman–Crippen MR) is 74.7 cm³/mol. The summed E-state index contributed by atoms with van der Waals surface area (Å²) in [7, 11) is -2.10. The van der Waals surface area contributed by atoms with Gasteiger partial charge in [0, 0.05) is 18.6 Å². The molecule has 108 valence electrons. The van der Waals surface area contributed by atoms with Gasteiger partial charge in [-0.15, -0.1) is 11.3 Å². The van der Waals surface area contributed by atoms with Crippen LogP contribution in [0.15, 0.2) is 22.5 Å². The van der Waals surface area contributed by atoms with Crippen molar-refractivity contribution in [3.8, 4) is 0 Å². The number of carbonyl (C=O) groups is 1. The van der Waals surface area contributed by atoms with Gasteiger partial charge in [-0.1, -0.05) is 6.92 Å². The third-order valence-electron chi connectivity index (χ3n) is 2.58. The summed E-state index contributed by atoms with van der Waals surface area (Å²) < 4.78 is 28.3. The zero-order valence-corrected chi connectivity index (χ0v) is 12.5. The Kier molecular flexibility index (Phi) is 3.82. The van der Waals surface area contributed by atoms with Crippen LogP contribution >= 0.6 is 11.3 Å². The van der Waals surface area contributed by atoms with Crippen molar-refractivity contribution in [2.24, 2.45) is 7.05 Å². The summed E-state index contributed by atoms with van der Waals surface area (Å²) >= 11 is 0.871. The second kappa shape index (κ2) is 5.25. The summed E-state index contributed by atoms with van der Waals surface area (Å²) in [4.78, 5) is 10.7. The predicted octanol–water partition coefficient (Wildman–Crippen LogP) is 1.54. The second-order valence-electron chi connectivity index (χ2n) is 4.07. The van der Waals surface area contributed by atoms with Crippen molar-refractivity contribution in [3.05, 3.63) is 28.2 Å². The van der Waals surface area contributed by atoms with E-state index in [0.717, 1.165) is 17.4 Å². The standard InChI is InChI=1S/C11H13N3O4S2/c1-3-8-9(5-14(2)12-8)13-20(17,18)7-4-10(11(15)16)19-6-7/h4-6,13H,3H2,1-2H3,(H,15,16). The summed E-state index contributed by atoms with van der Waals surface area (Å²) in [6, 6.07) is 1.14. The molecule has 0 spiro atoms. The third kappa shape index (κ3) is 2.83. The van der Waals surface area contributed by atoms with Crippen molar-refractivity contribution in [1.82, 2.24) is 9.78 Å². The van der Waals surface area contributed by atoms with Crippen molar-refractivity contribution in [2.45, 2.75) is 18.2 Å². The zero-order valence-electron chi connectivity index (χ0n) is 10.8. The number of hydrogen-bond donors (Lipinski definition) is 2. The van der Waals surface area contributed by atoms with E-state index >= 15 is 0 Å².